The Morgan fingerprint density at radius 1 is 1.22 bits per heavy atom. The number of amides is 2. The fourth-order valence-electron chi connectivity index (χ4n) is 4.68. The molecule has 1 unspecified atom stereocenters. The van der Waals surface area contributed by atoms with Crippen molar-refractivity contribution in [1.29, 1.82) is 5.26 Å². The van der Waals surface area contributed by atoms with Crippen molar-refractivity contribution in [2.24, 2.45) is 16.6 Å². The highest BCUT2D eigenvalue weighted by Gasteiger charge is 2.32. The first kappa shape index (κ1) is 21.8. The van der Waals surface area contributed by atoms with Gasteiger partial charge in [-0.05, 0) is 37.0 Å². The van der Waals surface area contributed by atoms with Gasteiger partial charge in [0.2, 0.25) is 11.8 Å². The molecule has 0 aromatic heterocycles. The zero-order valence-corrected chi connectivity index (χ0v) is 18.0. The van der Waals surface area contributed by atoms with E-state index in [9.17, 15) is 14.9 Å². The number of piperidine rings is 1. The maximum absolute atomic E-state index is 12.1. The summed E-state index contributed by atoms with van der Waals surface area (Å²) < 4.78 is 5.57. The number of aliphatic imine (C=N–C) groups is 1. The lowest BCUT2D eigenvalue weighted by atomic mass is 9.89. The van der Waals surface area contributed by atoms with Crippen molar-refractivity contribution in [1.82, 2.24) is 5.32 Å². The molecule has 2 heterocycles. The van der Waals surface area contributed by atoms with Crippen LogP contribution in [-0.4, -0.2) is 42.9 Å². The number of carbonyl (C=O) groups is 2. The van der Waals surface area contributed by atoms with Crippen LogP contribution in [-0.2, 0) is 14.3 Å². The van der Waals surface area contributed by atoms with Gasteiger partial charge < -0.3 is 15.4 Å². The minimum atomic E-state index is -0.412. The summed E-state index contributed by atoms with van der Waals surface area (Å²) in [5, 5.41) is 18.1. The second-order valence-electron chi connectivity index (χ2n) is 8.76. The molecule has 2 saturated heterocycles. The Morgan fingerprint density at radius 2 is 1.97 bits per heavy atom. The molecule has 2 aliphatic heterocycles. The fraction of sp³-hybridized carbons (Fsp3) is 0.522. The molecular formula is C23H29N6O3+. The highest BCUT2D eigenvalue weighted by molar-refractivity contribution is 6.01. The van der Waals surface area contributed by atoms with Crippen LogP contribution in [0.1, 0.15) is 62.0 Å². The number of hydrogen-bond acceptors (Lipinski definition) is 6. The maximum atomic E-state index is 12.1. The molecule has 3 fully saturated rings. The van der Waals surface area contributed by atoms with Crippen molar-refractivity contribution >= 4 is 29.4 Å². The van der Waals surface area contributed by atoms with Gasteiger partial charge in [0.1, 0.15) is 6.07 Å². The highest BCUT2D eigenvalue weighted by Crippen LogP contribution is 2.32. The monoisotopic (exact) mass is 437 g/mol. The van der Waals surface area contributed by atoms with Crippen LogP contribution in [0.4, 0.5) is 5.69 Å². The number of nitrogens with one attached hydrogen (secondary N) is 1. The lowest BCUT2D eigenvalue weighted by Crippen LogP contribution is -2.52. The maximum Gasteiger partial charge on any atom is 0.344 e. The Morgan fingerprint density at radius 3 is 2.66 bits per heavy atom. The molecule has 4 rings (SSSR count). The van der Waals surface area contributed by atoms with Crippen molar-refractivity contribution in [2.45, 2.75) is 56.9 Å². The molecule has 0 spiro atoms. The summed E-state index contributed by atoms with van der Waals surface area (Å²) in [6, 6.07) is 7.72. The van der Waals surface area contributed by atoms with Crippen LogP contribution in [0.2, 0.25) is 0 Å². The molecule has 0 radical (unpaired) electrons. The molecule has 2 amide bonds. The molecule has 168 valence electrons. The van der Waals surface area contributed by atoms with Gasteiger partial charge in [-0.25, -0.2) is 10.4 Å². The van der Waals surface area contributed by atoms with Gasteiger partial charge in [0.15, 0.2) is 0 Å². The van der Waals surface area contributed by atoms with Crippen LogP contribution in [0, 0.1) is 17.2 Å². The SMILES string of the molecule is N#Cc1cc(C2CCC(=O)NC2=O)ccc1N1CC(N=C(N)OC(=[NH2+])C2CCCCC2)C1. The van der Waals surface area contributed by atoms with Crippen molar-refractivity contribution < 1.29 is 19.7 Å². The van der Waals surface area contributed by atoms with E-state index in [1.165, 1.54) is 6.42 Å². The van der Waals surface area contributed by atoms with Crippen LogP contribution in [0.25, 0.3) is 0 Å². The summed E-state index contributed by atoms with van der Waals surface area (Å²) in [6.45, 7) is 1.22. The number of nitriles is 1. The Kier molecular flexibility index (Phi) is 6.40. The minimum absolute atomic E-state index is 0.0319. The number of nitrogens with zero attached hydrogens (tertiary/aromatic N) is 3. The van der Waals surface area contributed by atoms with E-state index in [1.54, 1.807) is 6.07 Å². The topological polar surface area (TPSA) is 146 Å². The molecule has 1 atom stereocenters. The third-order valence-corrected chi connectivity index (χ3v) is 6.53. The van der Waals surface area contributed by atoms with Gasteiger partial charge in [0.25, 0.3) is 6.02 Å². The number of hydrogen-bond donors (Lipinski definition) is 3. The van der Waals surface area contributed by atoms with Gasteiger partial charge >= 0.3 is 5.90 Å². The zero-order valence-electron chi connectivity index (χ0n) is 18.0. The second kappa shape index (κ2) is 9.39. The summed E-state index contributed by atoms with van der Waals surface area (Å²) >= 11 is 0. The van der Waals surface area contributed by atoms with Crippen LogP contribution in [0.3, 0.4) is 0 Å². The number of carbonyl (C=O) groups excluding carboxylic acids is 2. The molecule has 32 heavy (non-hydrogen) atoms. The number of anilines is 1. The van der Waals surface area contributed by atoms with E-state index in [-0.39, 0.29) is 29.8 Å². The number of ether oxygens (including phenoxy) is 1. The lowest BCUT2D eigenvalue weighted by molar-refractivity contribution is -0.141. The third-order valence-electron chi connectivity index (χ3n) is 6.53. The largest absolute Gasteiger partial charge is 0.375 e. The van der Waals surface area contributed by atoms with E-state index in [4.69, 9.17) is 15.9 Å². The Hall–Kier alpha value is -3.41. The summed E-state index contributed by atoms with van der Waals surface area (Å²) in [6.07, 6.45) is 6.38. The first-order valence-electron chi connectivity index (χ1n) is 11.2. The van der Waals surface area contributed by atoms with Gasteiger partial charge in [-0.2, -0.15) is 5.26 Å². The van der Waals surface area contributed by atoms with E-state index in [1.807, 2.05) is 17.0 Å². The molecule has 1 saturated carbocycles. The van der Waals surface area contributed by atoms with Crippen molar-refractivity contribution in [3.8, 4) is 6.07 Å². The van der Waals surface area contributed by atoms with Gasteiger partial charge in [-0.15, -0.1) is 0 Å². The first-order valence-corrected chi connectivity index (χ1v) is 11.2. The number of rotatable bonds is 4. The van der Waals surface area contributed by atoms with Crippen LogP contribution in [0.5, 0.6) is 0 Å². The van der Waals surface area contributed by atoms with Crippen molar-refractivity contribution in [3.63, 3.8) is 0 Å². The van der Waals surface area contributed by atoms with Gasteiger partial charge in [0.05, 0.1) is 29.1 Å². The lowest BCUT2D eigenvalue weighted by Gasteiger charge is -2.39. The molecule has 1 aliphatic carbocycles. The predicted octanol–water partition coefficient (Wildman–Crippen LogP) is 0.336. The first-order chi connectivity index (χ1) is 15.4. The standard InChI is InChI=1S/C23H28N6O3/c24-11-16-10-15(18-7-9-20(30)28-22(18)31)6-8-19(16)29-12-17(13-29)27-23(26)32-21(25)14-4-2-1-3-5-14/h6,8,10,14,17-18,25H,1-5,7,9,12-13H2,(H2,26,27)(H,28,30,31)/p+1. The second-order valence-corrected chi connectivity index (χ2v) is 8.76. The quantitative estimate of drug-likeness (QED) is 0.352. The van der Waals surface area contributed by atoms with Crippen LogP contribution in [0.15, 0.2) is 23.2 Å². The number of benzene rings is 1. The summed E-state index contributed by atoms with van der Waals surface area (Å²) in [5.74, 6) is -0.271. The van der Waals surface area contributed by atoms with Gasteiger partial charge in [-0.1, -0.05) is 25.3 Å². The van der Waals surface area contributed by atoms with Crippen molar-refractivity contribution in [3.05, 3.63) is 29.3 Å². The molecule has 9 heteroatoms. The average Bonchev–Trinajstić information content (AvgIpc) is 2.76. The van der Waals surface area contributed by atoms with Gasteiger partial charge in [0, 0.05) is 19.5 Å². The molecule has 1 aromatic rings. The predicted molar refractivity (Wildman–Crippen MR) is 118 cm³/mol. The molecule has 1 aromatic carbocycles. The molecule has 3 aliphatic rings. The summed E-state index contributed by atoms with van der Waals surface area (Å²) in [4.78, 5) is 30.0. The molecular weight excluding hydrogens is 408 g/mol. The number of nitrogens with two attached hydrogens (primary N) is 2. The Labute approximate surface area is 187 Å². The zero-order chi connectivity index (χ0) is 22.7. The Balaban J connectivity index is 1.35. The van der Waals surface area contributed by atoms with E-state index in [0.29, 0.717) is 37.4 Å². The van der Waals surface area contributed by atoms with Crippen LogP contribution >= 0.6 is 0 Å². The van der Waals surface area contributed by atoms with E-state index < -0.39 is 5.92 Å². The molecule has 5 N–H and O–H groups in total. The number of amidine groups is 1. The summed E-state index contributed by atoms with van der Waals surface area (Å²) in [5.41, 5.74) is 7.99. The molecule has 0 bridgehead atoms. The Bertz CT molecular complexity index is 986. The minimum Gasteiger partial charge on any atom is -0.375 e. The molecule has 9 nitrogen and oxygen atoms in total. The van der Waals surface area contributed by atoms with Crippen molar-refractivity contribution in [2.75, 3.05) is 18.0 Å². The summed E-state index contributed by atoms with van der Waals surface area (Å²) in [7, 11) is 0. The highest BCUT2D eigenvalue weighted by atomic mass is 16.5. The van der Waals surface area contributed by atoms with Gasteiger partial charge in [-0.3, -0.25) is 14.9 Å². The van der Waals surface area contributed by atoms with E-state index in [0.717, 1.165) is 36.9 Å². The van der Waals surface area contributed by atoms with Crippen LogP contribution < -0.4 is 21.4 Å². The smallest absolute Gasteiger partial charge is 0.344 e. The average molecular weight is 438 g/mol. The normalized spacial score (nSPS) is 22.7. The number of imide groups is 1. The van der Waals surface area contributed by atoms with E-state index in [2.05, 4.69) is 16.4 Å². The third kappa shape index (κ3) is 4.74. The van der Waals surface area contributed by atoms with E-state index >= 15 is 0 Å². The fourth-order valence-corrected chi connectivity index (χ4v) is 4.68.